The minimum absolute atomic E-state index is 0.0451. The van der Waals surface area contributed by atoms with E-state index in [1.807, 2.05) is 0 Å². The van der Waals surface area contributed by atoms with Gasteiger partial charge in [0.15, 0.2) is 6.10 Å². The molecule has 0 amide bonds. The summed E-state index contributed by atoms with van der Waals surface area (Å²) in [7, 11) is -4.41. The van der Waals surface area contributed by atoms with Crippen LogP contribution in [0.3, 0.4) is 0 Å². The summed E-state index contributed by atoms with van der Waals surface area (Å²) in [4.78, 5) is 35.4. The molecule has 10 heteroatoms. The molecule has 0 aromatic rings. The monoisotopic (exact) mass is 1280 g/mol. The first kappa shape index (κ1) is 86.4. The number of esters is 2. The first-order valence-electron chi connectivity index (χ1n) is 36.6. The van der Waals surface area contributed by atoms with Crippen molar-refractivity contribution in [3.8, 4) is 0 Å². The van der Waals surface area contributed by atoms with Gasteiger partial charge in [0.05, 0.1) is 13.2 Å². The van der Waals surface area contributed by atoms with Crippen molar-refractivity contribution in [2.75, 3.05) is 26.4 Å². The van der Waals surface area contributed by atoms with Crippen LogP contribution >= 0.6 is 7.82 Å². The quantitative estimate of drug-likeness (QED) is 0.0264. The van der Waals surface area contributed by atoms with Gasteiger partial charge in [0.1, 0.15) is 6.61 Å². The molecule has 0 aliphatic rings. The molecule has 3 N–H and O–H groups in total. The fraction of sp³-hybridized carbons (Fsp3) is 0.630. The van der Waals surface area contributed by atoms with Crippen LogP contribution < -0.4 is 5.73 Å². The molecule has 0 saturated carbocycles. The van der Waals surface area contributed by atoms with Crippen LogP contribution in [-0.2, 0) is 32.7 Å². The zero-order chi connectivity index (χ0) is 65.8. The second-order valence-corrected chi connectivity index (χ2v) is 25.1. The fourth-order valence-electron chi connectivity index (χ4n) is 9.78. The third-order valence-electron chi connectivity index (χ3n) is 15.1. The minimum Gasteiger partial charge on any atom is -0.462 e. The molecule has 0 aromatic heterocycles. The molecule has 0 saturated heterocycles. The normalized spacial score (nSPS) is 13.9. The van der Waals surface area contributed by atoms with Crippen molar-refractivity contribution in [3.63, 3.8) is 0 Å². The Kier molecular flexibility index (Phi) is 70.6. The van der Waals surface area contributed by atoms with Crippen LogP contribution in [0.25, 0.3) is 0 Å². The van der Waals surface area contributed by atoms with Crippen LogP contribution in [0.2, 0.25) is 0 Å². The number of nitrogens with two attached hydrogens (primary N) is 1. The second kappa shape index (κ2) is 74.4. The number of rotatable bonds is 67. The van der Waals surface area contributed by atoms with Crippen molar-refractivity contribution in [1.29, 1.82) is 0 Å². The second-order valence-electron chi connectivity index (χ2n) is 23.7. The summed E-state index contributed by atoms with van der Waals surface area (Å²) in [6, 6.07) is 0. The van der Waals surface area contributed by atoms with E-state index < -0.39 is 26.5 Å². The summed E-state index contributed by atoms with van der Waals surface area (Å²) in [6.45, 7) is 3.51. The largest absolute Gasteiger partial charge is 0.472 e. The lowest BCUT2D eigenvalue weighted by atomic mass is 10.0. The maximum Gasteiger partial charge on any atom is 0.472 e. The van der Waals surface area contributed by atoms with Crippen molar-refractivity contribution >= 4 is 19.8 Å². The summed E-state index contributed by atoms with van der Waals surface area (Å²) < 4.78 is 33.2. The molecular formula is C81H134NO8P. The molecule has 2 atom stereocenters. The van der Waals surface area contributed by atoms with E-state index in [0.717, 1.165) is 135 Å². The van der Waals surface area contributed by atoms with Crippen LogP contribution in [0.4, 0.5) is 0 Å². The van der Waals surface area contributed by atoms with Gasteiger partial charge in [0.25, 0.3) is 0 Å². The Morgan fingerprint density at radius 2 is 0.571 bits per heavy atom. The summed E-state index contributed by atoms with van der Waals surface area (Å²) in [5.74, 6) is -0.839. The Labute approximate surface area is 559 Å². The van der Waals surface area contributed by atoms with E-state index in [4.69, 9.17) is 24.3 Å². The van der Waals surface area contributed by atoms with Crippen molar-refractivity contribution in [2.24, 2.45) is 5.73 Å². The van der Waals surface area contributed by atoms with Crippen molar-refractivity contribution in [3.05, 3.63) is 170 Å². The number of phosphoric acid groups is 1. The van der Waals surface area contributed by atoms with Gasteiger partial charge < -0.3 is 20.1 Å². The number of phosphoric ester groups is 1. The lowest BCUT2D eigenvalue weighted by molar-refractivity contribution is -0.161. The number of unbranched alkanes of at least 4 members (excludes halogenated alkanes) is 26. The lowest BCUT2D eigenvalue weighted by Gasteiger charge is -2.19. The Bertz CT molecular complexity index is 2100. The van der Waals surface area contributed by atoms with Gasteiger partial charge >= 0.3 is 19.8 Å². The van der Waals surface area contributed by atoms with E-state index in [1.54, 1.807) is 0 Å². The highest BCUT2D eigenvalue weighted by Crippen LogP contribution is 2.43. The van der Waals surface area contributed by atoms with E-state index in [1.165, 1.54) is 128 Å². The van der Waals surface area contributed by atoms with Crippen molar-refractivity contribution < 1.29 is 37.6 Å². The topological polar surface area (TPSA) is 134 Å². The number of carbonyl (C=O) groups is 2. The Morgan fingerprint density at radius 3 is 0.846 bits per heavy atom. The summed E-state index contributed by atoms with van der Waals surface area (Å²) >= 11 is 0. The number of ether oxygens (including phenoxy) is 2. The van der Waals surface area contributed by atoms with Crippen molar-refractivity contribution in [2.45, 2.75) is 302 Å². The first-order chi connectivity index (χ1) is 44.8. The predicted octanol–water partition coefficient (Wildman–Crippen LogP) is 24.5. The maximum absolute atomic E-state index is 12.8. The molecule has 0 heterocycles. The average Bonchev–Trinajstić information content (AvgIpc) is 3.74. The summed E-state index contributed by atoms with van der Waals surface area (Å²) in [6.07, 6.45) is 110. The highest BCUT2D eigenvalue weighted by atomic mass is 31.2. The molecule has 0 aliphatic heterocycles. The molecule has 0 fully saturated rings. The molecule has 0 spiro atoms. The number of carbonyl (C=O) groups excluding carboxylic acids is 2. The maximum atomic E-state index is 12.8. The van der Waals surface area contributed by atoms with Crippen LogP contribution in [0.15, 0.2) is 170 Å². The van der Waals surface area contributed by atoms with Gasteiger partial charge in [-0.05, 0) is 128 Å². The Morgan fingerprint density at radius 1 is 0.330 bits per heavy atom. The Hall–Kier alpha value is -4.63. The van der Waals surface area contributed by atoms with Crippen LogP contribution in [0.5, 0.6) is 0 Å². The molecule has 0 rings (SSSR count). The van der Waals surface area contributed by atoms with E-state index in [2.05, 4.69) is 184 Å². The average molecular weight is 1280 g/mol. The molecule has 2 unspecified atom stereocenters. The fourth-order valence-corrected chi connectivity index (χ4v) is 10.5. The minimum atomic E-state index is -4.41. The van der Waals surface area contributed by atoms with Crippen LogP contribution in [0, 0.1) is 0 Å². The molecule has 9 nitrogen and oxygen atoms in total. The van der Waals surface area contributed by atoms with Gasteiger partial charge in [0.2, 0.25) is 0 Å². The van der Waals surface area contributed by atoms with Crippen LogP contribution in [-0.4, -0.2) is 49.3 Å². The Balaban J connectivity index is 3.92. The molecule has 0 aromatic carbocycles. The molecule has 516 valence electrons. The zero-order valence-corrected chi connectivity index (χ0v) is 58.9. The number of allylic oxidation sites excluding steroid dienone is 28. The van der Waals surface area contributed by atoms with Crippen LogP contribution in [0.1, 0.15) is 296 Å². The molecule has 0 aliphatic carbocycles. The highest BCUT2D eigenvalue weighted by molar-refractivity contribution is 7.47. The summed E-state index contributed by atoms with van der Waals surface area (Å²) in [5, 5.41) is 0. The molecule has 91 heavy (non-hydrogen) atoms. The molecule has 0 bridgehead atoms. The van der Waals surface area contributed by atoms with Gasteiger partial charge in [-0.1, -0.05) is 325 Å². The summed E-state index contributed by atoms with van der Waals surface area (Å²) in [5.41, 5.74) is 5.41. The number of hydrogen-bond acceptors (Lipinski definition) is 8. The van der Waals surface area contributed by atoms with E-state index in [9.17, 15) is 19.0 Å². The standard InChI is InChI=1S/C81H134NO8P/c1-3-5-7-9-11-13-15-17-19-21-23-25-27-29-31-33-35-37-38-39-40-42-43-45-47-49-51-53-55-57-59-61-63-65-67-69-71-73-80(83)87-77-79(78-89-91(85,86)88-76-75-82)90-81(84)74-72-70-68-66-64-62-60-58-56-54-52-50-48-46-44-41-36-34-32-30-28-26-24-22-20-18-16-14-12-10-8-6-4-2/h5-8,11-14,17-20,23-26,29-32,35-37,41,46,48,52,54,79H,3-4,9-10,15-16,21-22,27-28,33-34,38-40,42-45,47,49-51,53,55-78,82H2,1-2H3,(H,85,86)/b7-5-,8-6-,13-11-,14-12-,19-17-,20-18-,25-23-,26-24-,31-29-,32-30-,37-35-,41-36-,48-46-,54-52-. The van der Waals surface area contributed by atoms with Crippen molar-refractivity contribution in [1.82, 2.24) is 0 Å². The van der Waals surface area contributed by atoms with Gasteiger partial charge in [-0.2, -0.15) is 0 Å². The van der Waals surface area contributed by atoms with Gasteiger partial charge in [-0.3, -0.25) is 18.6 Å². The zero-order valence-electron chi connectivity index (χ0n) is 58.0. The first-order valence-corrected chi connectivity index (χ1v) is 38.1. The van der Waals surface area contributed by atoms with Gasteiger partial charge in [-0.25, -0.2) is 4.57 Å². The molecule has 0 radical (unpaired) electrons. The SMILES string of the molecule is CC/C=C\C/C=C\C/C=C\C/C=C\C/C=C\C/C=C\C/C=C\C/C=C\CCCCCCCCCCC(=O)OC(COC(=O)CCCCCCCCCCCCCCCCCCCC/C=C\C/C=C\C/C=C\C/C=C\C/C=C\C/C=C\CC)COP(=O)(O)OCCN. The van der Waals surface area contributed by atoms with E-state index in [-0.39, 0.29) is 38.6 Å². The van der Waals surface area contributed by atoms with E-state index >= 15 is 0 Å². The third kappa shape index (κ3) is 74.3. The lowest BCUT2D eigenvalue weighted by Crippen LogP contribution is -2.29. The number of hydrogen-bond donors (Lipinski definition) is 2. The predicted molar refractivity (Wildman–Crippen MR) is 394 cm³/mol. The molecular weight excluding hydrogens is 1150 g/mol. The highest BCUT2D eigenvalue weighted by Gasteiger charge is 2.26. The third-order valence-corrected chi connectivity index (χ3v) is 16.1. The van der Waals surface area contributed by atoms with Gasteiger partial charge in [-0.15, -0.1) is 0 Å². The smallest absolute Gasteiger partial charge is 0.462 e. The van der Waals surface area contributed by atoms with E-state index in [0.29, 0.717) is 6.42 Å². The van der Waals surface area contributed by atoms with Gasteiger partial charge in [0, 0.05) is 19.4 Å².